The molecule has 0 aliphatic heterocycles. The summed E-state index contributed by atoms with van der Waals surface area (Å²) in [6.45, 7) is 3.88. The maximum Gasteiger partial charge on any atom is 0.247 e. The third-order valence-electron chi connectivity index (χ3n) is 3.88. The van der Waals surface area contributed by atoms with Crippen LogP contribution in [0.4, 0.5) is 20.4 Å². The van der Waals surface area contributed by atoms with E-state index in [0.29, 0.717) is 34.3 Å². The molecule has 2 N–H and O–H groups in total. The summed E-state index contributed by atoms with van der Waals surface area (Å²) in [7, 11) is 0. The van der Waals surface area contributed by atoms with Gasteiger partial charge in [0.15, 0.2) is 17.5 Å². The standard InChI is InChI=1S/C18H18ClF2N5O/c1-3-13(27)9-26-17(11-6-10(2)22-16(19)7-11)24-18(25-26)23-12-4-5-14(20)15(21)8-12/h4-8,13,27H,3,9H2,1-2H3,(H,23,25). The number of pyridine rings is 1. The maximum absolute atomic E-state index is 13.4. The van der Waals surface area contributed by atoms with Gasteiger partial charge in [-0.15, -0.1) is 5.10 Å². The fraction of sp³-hybridized carbons (Fsp3) is 0.278. The Bertz CT molecular complexity index is 943. The normalized spacial score (nSPS) is 12.2. The predicted octanol–water partition coefficient (Wildman–Crippen LogP) is 4.09. The van der Waals surface area contributed by atoms with Crippen molar-refractivity contribution in [2.45, 2.75) is 32.9 Å². The highest BCUT2D eigenvalue weighted by molar-refractivity contribution is 6.29. The van der Waals surface area contributed by atoms with Gasteiger partial charge in [-0.05, 0) is 37.6 Å². The van der Waals surface area contributed by atoms with Gasteiger partial charge < -0.3 is 10.4 Å². The van der Waals surface area contributed by atoms with Gasteiger partial charge in [0, 0.05) is 23.0 Å². The molecule has 0 spiro atoms. The molecule has 1 aromatic carbocycles. The van der Waals surface area contributed by atoms with Crippen LogP contribution >= 0.6 is 11.6 Å². The second-order valence-corrected chi connectivity index (χ2v) is 6.46. The van der Waals surface area contributed by atoms with Crippen LogP contribution in [0.3, 0.4) is 0 Å². The first-order valence-electron chi connectivity index (χ1n) is 8.35. The molecule has 0 saturated heterocycles. The zero-order valence-electron chi connectivity index (χ0n) is 14.7. The van der Waals surface area contributed by atoms with Crippen molar-refractivity contribution in [3.05, 3.63) is 52.8 Å². The number of hydrogen-bond acceptors (Lipinski definition) is 5. The molecule has 1 unspecified atom stereocenters. The minimum Gasteiger partial charge on any atom is -0.391 e. The lowest BCUT2D eigenvalue weighted by atomic mass is 10.2. The molecular formula is C18H18ClF2N5O. The fourth-order valence-electron chi connectivity index (χ4n) is 2.52. The molecule has 0 amide bonds. The molecule has 2 heterocycles. The Morgan fingerprint density at radius 3 is 2.63 bits per heavy atom. The number of halogens is 3. The SMILES string of the molecule is CCC(O)Cn1nc(Nc2ccc(F)c(F)c2)nc1-c1cc(C)nc(Cl)c1. The minimum absolute atomic E-state index is 0.185. The summed E-state index contributed by atoms with van der Waals surface area (Å²) in [5.74, 6) is -1.25. The number of aliphatic hydroxyl groups is 1. The molecule has 0 bridgehead atoms. The number of rotatable bonds is 6. The molecule has 0 radical (unpaired) electrons. The molecule has 27 heavy (non-hydrogen) atoms. The van der Waals surface area contributed by atoms with Gasteiger partial charge in [0.1, 0.15) is 5.15 Å². The van der Waals surface area contributed by atoms with Crippen LogP contribution in [-0.2, 0) is 6.54 Å². The minimum atomic E-state index is -0.974. The Balaban J connectivity index is 1.99. The lowest BCUT2D eigenvalue weighted by Crippen LogP contribution is -2.16. The second-order valence-electron chi connectivity index (χ2n) is 6.08. The summed E-state index contributed by atoms with van der Waals surface area (Å²) in [6.07, 6.45) is -0.0681. The molecule has 1 atom stereocenters. The van der Waals surface area contributed by atoms with Crippen LogP contribution in [0.5, 0.6) is 0 Å². The Labute approximate surface area is 159 Å². The lowest BCUT2D eigenvalue weighted by Gasteiger charge is -2.10. The molecule has 3 rings (SSSR count). The molecule has 6 nitrogen and oxygen atoms in total. The topological polar surface area (TPSA) is 75.9 Å². The van der Waals surface area contributed by atoms with Crippen LogP contribution in [-0.4, -0.2) is 31.0 Å². The van der Waals surface area contributed by atoms with Crippen molar-refractivity contribution in [3.63, 3.8) is 0 Å². The van der Waals surface area contributed by atoms with Gasteiger partial charge in [0.2, 0.25) is 5.95 Å². The number of aromatic nitrogens is 4. The average molecular weight is 394 g/mol. The molecule has 0 aliphatic carbocycles. The van der Waals surface area contributed by atoms with Gasteiger partial charge in [0.25, 0.3) is 0 Å². The van der Waals surface area contributed by atoms with Gasteiger partial charge >= 0.3 is 0 Å². The van der Waals surface area contributed by atoms with Crippen LogP contribution < -0.4 is 5.32 Å². The summed E-state index contributed by atoms with van der Waals surface area (Å²) < 4.78 is 28.1. The predicted molar refractivity (Wildman–Crippen MR) is 98.9 cm³/mol. The summed E-state index contributed by atoms with van der Waals surface area (Å²) in [6, 6.07) is 6.86. The van der Waals surface area contributed by atoms with E-state index in [1.807, 2.05) is 6.92 Å². The smallest absolute Gasteiger partial charge is 0.247 e. The average Bonchev–Trinajstić information content (AvgIpc) is 2.99. The number of nitrogens with one attached hydrogen (secondary N) is 1. The van der Waals surface area contributed by atoms with E-state index in [9.17, 15) is 13.9 Å². The fourth-order valence-corrected chi connectivity index (χ4v) is 2.78. The lowest BCUT2D eigenvalue weighted by molar-refractivity contribution is 0.146. The van der Waals surface area contributed by atoms with Crippen molar-refractivity contribution in [2.24, 2.45) is 0 Å². The van der Waals surface area contributed by atoms with Crippen molar-refractivity contribution in [1.29, 1.82) is 0 Å². The molecule has 0 aliphatic rings. The van der Waals surface area contributed by atoms with Crippen molar-refractivity contribution >= 4 is 23.2 Å². The van der Waals surface area contributed by atoms with Crippen molar-refractivity contribution in [1.82, 2.24) is 19.7 Å². The molecule has 3 aromatic rings. The third-order valence-corrected chi connectivity index (χ3v) is 4.08. The van der Waals surface area contributed by atoms with Crippen molar-refractivity contribution < 1.29 is 13.9 Å². The third kappa shape index (κ3) is 4.58. The number of hydrogen-bond donors (Lipinski definition) is 2. The number of aliphatic hydroxyl groups excluding tert-OH is 1. The van der Waals surface area contributed by atoms with E-state index in [4.69, 9.17) is 11.6 Å². The zero-order valence-corrected chi connectivity index (χ0v) is 15.5. The maximum atomic E-state index is 13.4. The molecule has 0 saturated carbocycles. The van der Waals surface area contributed by atoms with Crippen LogP contribution in [0.1, 0.15) is 19.0 Å². The highest BCUT2D eigenvalue weighted by Gasteiger charge is 2.16. The van der Waals surface area contributed by atoms with E-state index < -0.39 is 17.7 Å². The molecular weight excluding hydrogens is 376 g/mol. The summed E-state index contributed by atoms with van der Waals surface area (Å²) >= 11 is 6.04. The summed E-state index contributed by atoms with van der Waals surface area (Å²) in [4.78, 5) is 8.55. The van der Waals surface area contributed by atoms with Gasteiger partial charge in [-0.1, -0.05) is 18.5 Å². The molecule has 0 fully saturated rings. The Hall–Kier alpha value is -2.58. The van der Waals surface area contributed by atoms with Crippen molar-refractivity contribution in [2.75, 3.05) is 5.32 Å². The zero-order chi connectivity index (χ0) is 19.6. The number of anilines is 2. The van der Waals surface area contributed by atoms with E-state index in [2.05, 4.69) is 20.4 Å². The first-order valence-corrected chi connectivity index (χ1v) is 8.73. The first kappa shape index (κ1) is 19.2. The van der Waals surface area contributed by atoms with E-state index in [1.54, 1.807) is 23.7 Å². The molecule has 9 heteroatoms. The number of nitrogens with zero attached hydrogens (tertiary/aromatic N) is 4. The summed E-state index contributed by atoms with van der Waals surface area (Å²) in [5, 5.41) is 17.5. The van der Waals surface area contributed by atoms with E-state index in [1.165, 1.54) is 6.07 Å². The Morgan fingerprint density at radius 2 is 1.96 bits per heavy atom. The van der Waals surface area contributed by atoms with E-state index in [0.717, 1.165) is 12.1 Å². The first-order chi connectivity index (χ1) is 12.9. The highest BCUT2D eigenvalue weighted by Crippen LogP contribution is 2.25. The van der Waals surface area contributed by atoms with E-state index in [-0.39, 0.29) is 12.5 Å². The second kappa shape index (κ2) is 7.98. The highest BCUT2D eigenvalue weighted by atomic mass is 35.5. The van der Waals surface area contributed by atoms with Crippen LogP contribution in [0.15, 0.2) is 30.3 Å². The van der Waals surface area contributed by atoms with Crippen LogP contribution in [0.25, 0.3) is 11.4 Å². The Morgan fingerprint density at radius 1 is 1.19 bits per heavy atom. The van der Waals surface area contributed by atoms with Crippen molar-refractivity contribution in [3.8, 4) is 11.4 Å². The molecule has 2 aromatic heterocycles. The van der Waals surface area contributed by atoms with Crippen LogP contribution in [0, 0.1) is 18.6 Å². The van der Waals surface area contributed by atoms with E-state index >= 15 is 0 Å². The monoisotopic (exact) mass is 393 g/mol. The van der Waals surface area contributed by atoms with Gasteiger partial charge in [-0.3, -0.25) is 0 Å². The quantitative estimate of drug-likeness (QED) is 0.617. The summed E-state index contributed by atoms with van der Waals surface area (Å²) in [5.41, 5.74) is 1.69. The van der Waals surface area contributed by atoms with Gasteiger partial charge in [0.05, 0.1) is 12.6 Å². The van der Waals surface area contributed by atoms with Gasteiger partial charge in [-0.25, -0.2) is 18.4 Å². The van der Waals surface area contributed by atoms with Gasteiger partial charge in [-0.2, -0.15) is 4.98 Å². The number of benzene rings is 1. The van der Waals surface area contributed by atoms with Crippen LogP contribution in [0.2, 0.25) is 5.15 Å². The number of aryl methyl sites for hydroxylation is 1. The Kier molecular flexibility index (Phi) is 5.67. The largest absolute Gasteiger partial charge is 0.391 e. The molecule has 142 valence electrons.